The monoisotopic (exact) mass is 289 g/mol. The zero-order chi connectivity index (χ0) is 15.2. The van der Waals surface area contributed by atoms with Gasteiger partial charge in [-0.15, -0.1) is 0 Å². The van der Waals surface area contributed by atoms with E-state index in [0.717, 1.165) is 0 Å². The molecule has 2 aromatic rings. The lowest BCUT2D eigenvalue weighted by Gasteiger charge is -2.08. The number of ether oxygens (including phenoxy) is 1. The van der Waals surface area contributed by atoms with E-state index in [2.05, 4.69) is 15.3 Å². The molecule has 0 aliphatic heterocycles. The van der Waals surface area contributed by atoms with E-state index in [9.17, 15) is 9.59 Å². The third kappa shape index (κ3) is 4.13. The fourth-order valence-electron chi connectivity index (χ4n) is 1.87. The number of benzene rings is 1. The van der Waals surface area contributed by atoms with Crippen LogP contribution in [0.25, 0.3) is 10.9 Å². The van der Waals surface area contributed by atoms with Crippen LogP contribution in [-0.2, 0) is 4.74 Å². The number of carbonyl (C=O) groups is 1. The zero-order valence-corrected chi connectivity index (χ0v) is 12.2. The summed E-state index contributed by atoms with van der Waals surface area (Å²) in [6, 6.07) is 6.91. The number of nitrogens with zero attached hydrogens (tertiary/aromatic N) is 1. The van der Waals surface area contributed by atoms with E-state index in [1.807, 2.05) is 13.8 Å². The predicted molar refractivity (Wildman–Crippen MR) is 80.4 cm³/mol. The van der Waals surface area contributed by atoms with Gasteiger partial charge in [0, 0.05) is 13.2 Å². The normalized spacial score (nSPS) is 11.0. The van der Waals surface area contributed by atoms with Crippen LogP contribution in [0.5, 0.6) is 0 Å². The molecule has 0 bridgehead atoms. The molecule has 0 radical (unpaired) electrons. The lowest BCUT2D eigenvalue weighted by molar-refractivity contribution is 0.0756. The molecular formula is C15H19N3O3. The highest BCUT2D eigenvalue weighted by Crippen LogP contribution is 2.05. The molecule has 0 unspecified atom stereocenters. The average Bonchev–Trinajstić information content (AvgIpc) is 2.46. The van der Waals surface area contributed by atoms with Crippen molar-refractivity contribution in [3.05, 3.63) is 40.4 Å². The first-order valence-corrected chi connectivity index (χ1v) is 6.97. The van der Waals surface area contributed by atoms with Gasteiger partial charge in [-0.05, 0) is 32.4 Å². The number of hydrogen-bond acceptors (Lipinski definition) is 4. The Balaban J connectivity index is 1.98. The Kier molecular flexibility index (Phi) is 5.05. The Morgan fingerprint density at radius 3 is 2.90 bits per heavy atom. The molecular weight excluding hydrogens is 270 g/mol. The molecule has 1 amide bonds. The molecule has 6 heteroatoms. The van der Waals surface area contributed by atoms with Gasteiger partial charge in [0.15, 0.2) is 5.82 Å². The van der Waals surface area contributed by atoms with Gasteiger partial charge in [0.05, 0.1) is 17.0 Å². The van der Waals surface area contributed by atoms with Gasteiger partial charge < -0.3 is 15.0 Å². The van der Waals surface area contributed by atoms with Crippen LogP contribution in [0.1, 0.15) is 30.9 Å². The highest BCUT2D eigenvalue weighted by molar-refractivity contribution is 5.92. The summed E-state index contributed by atoms with van der Waals surface area (Å²) < 4.78 is 5.38. The Bertz CT molecular complexity index is 679. The van der Waals surface area contributed by atoms with Crippen LogP contribution in [0, 0.1) is 0 Å². The van der Waals surface area contributed by atoms with Crippen LogP contribution >= 0.6 is 0 Å². The molecule has 2 rings (SSSR count). The molecule has 1 aromatic heterocycles. The van der Waals surface area contributed by atoms with Crippen molar-refractivity contribution in [1.82, 2.24) is 15.3 Å². The van der Waals surface area contributed by atoms with Crippen LogP contribution in [0.2, 0.25) is 0 Å². The molecule has 0 saturated heterocycles. The lowest BCUT2D eigenvalue weighted by atomic mass is 10.2. The summed E-state index contributed by atoms with van der Waals surface area (Å²) in [5, 5.41) is 3.18. The topological polar surface area (TPSA) is 84.1 Å². The van der Waals surface area contributed by atoms with Gasteiger partial charge in [0.25, 0.3) is 11.5 Å². The van der Waals surface area contributed by atoms with Crippen molar-refractivity contribution >= 4 is 16.8 Å². The summed E-state index contributed by atoms with van der Waals surface area (Å²) in [4.78, 5) is 30.5. The molecule has 0 atom stereocenters. The highest BCUT2D eigenvalue weighted by Gasteiger charge is 2.10. The summed E-state index contributed by atoms with van der Waals surface area (Å²) in [6.07, 6.45) is 0.890. The highest BCUT2D eigenvalue weighted by atomic mass is 16.5. The molecule has 1 heterocycles. The van der Waals surface area contributed by atoms with Crippen molar-refractivity contribution in [3.63, 3.8) is 0 Å². The van der Waals surface area contributed by atoms with Crippen LogP contribution < -0.4 is 10.9 Å². The predicted octanol–water partition coefficient (Wildman–Crippen LogP) is 1.47. The van der Waals surface area contributed by atoms with Crippen molar-refractivity contribution in [2.45, 2.75) is 26.4 Å². The Hall–Kier alpha value is -2.21. The minimum absolute atomic E-state index is 0.0310. The van der Waals surface area contributed by atoms with Gasteiger partial charge in [-0.2, -0.15) is 0 Å². The van der Waals surface area contributed by atoms with E-state index in [4.69, 9.17) is 4.74 Å². The number of para-hydroxylation sites is 1. The summed E-state index contributed by atoms with van der Waals surface area (Å²) in [7, 11) is 0. The van der Waals surface area contributed by atoms with E-state index < -0.39 is 0 Å². The van der Waals surface area contributed by atoms with Gasteiger partial charge in [-0.25, -0.2) is 4.98 Å². The minimum Gasteiger partial charge on any atom is -0.379 e. The Morgan fingerprint density at radius 2 is 2.14 bits per heavy atom. The molecule has 6 nitrogen and oxygen atoms in total. The maximum atomic E-state index is 12.0. The number of aromatic nitrogens is 2. The quantitative estimate of drug-likeness (QED) is 0.789. The maximum absolute atomic E-state index is 12.0. The van der Waals surface area contributed by atoms with E-state index >= 15 is 0 Å². The number of H-pyrrole nitrogens is 1. The first kappa shape index (κ1) is 15.2. The molecule has 2 N–H and O–H groups in total. The van der Waals surface area contributed by atoms with Crippen LogP contribution in [0.4, 0.5) is 0 Å². The van der Waals surface area contributed by atoms with Crippen LogP contribution in [-0.4, -0.2) is 35.1 Å². The van der Waals surface area contributed by atoms with Crippen LogP contribution in [0.3, 0.4) is 0 Å². The zero-order valence-electron chi connectivity index (χ0n) is 12.2. The lowest BCUT2D eigenvalue weighted by Crippen LogP contribution is -2.29. The van der Waals surface area contributed by atoms with Crippen molar-refractivity contribution < 1.29 is 9.53 Å². The molecule has 1 aromatic carbocycles. The number of fused-ring (bicyclic) bond motifs is 1. The third-order valence-corrected chi connectivity index (χ3v) is 2.89. The van der Waals surface area contributed by atoms with Gasteiger partial charge >= 0.3 is 0 Å². The molecule has 21 heavy (non-hydrogen) atoms. The van der Waals surface area contributed by atoms with Gasteiger partial charge in [0.1, 0.15) is 0 Å². The van der Waals surface area contributed by atoms with Crippen molar-refractivity contribution in [3.8, 4) is 0 Å². The van der Waals surface area contributed by atoms with Crippen molar-refractivity contribution in [2.75, 3.05) is 13.2 Å². The van der Waals surface area contributed by atoms with Gasteiger partial charge in [-0.3, -0.25) is 9.59 Å². The summed E-state index contributed by atoms with van der Waals surface area (Å²) in [5.74, 6) is -0.356. The molecule has 0 aliphatic rings. The number of aromatic amines is 1. The van der Waals surface area contributed by atoms with E-state index in [-0.39, 0.29) is 23.4 Å². The summed E-state index contributed by atoms with van der Waals surface area (Å²) in [6.45, 7) is 4.98. The minimum atomic E-state index is -0.387. The second-order valence-corrected chi connectivity index (χ2v) is 4.96. The Morgan fingerprint density at radius 1 is 1.38 bits per heavy atom. The first-order chi connectivity index (χ1) is 10.1. The largest absolute Gasteiger partial charge is 0.379 e. The van der Waals surface area contributed by atoms with Crippen LogP contribution in [0.15, 0.2) is 29.1 Å². The number of hydrogen-bond donors (Lipinski definition) is 2. The number of carbonyl (C=O) groups excluding carboxylic acids is 1. The molecule has 0 fully saturated rings. The Labute approximate surface area is 122 Å². The van der Waals surface area contributed by atoms with E-state index in [1.54, 1.807) is 24.3 Å². The van der Waals surface area contributed by atoms with Crippen molar-refractivity contribution in [1.29, 1.82) is 0 Å². The fraction of sp³-hybridized carbons (Fsp3) is 0.400. The fourth-order valence-corrected chi connectivity index (χ4v) is 1.87. The summed E-state index contributed by atoms with van der Waals surface area (Å²) in [5.41, 5.74) is 0.198. The van der Waals surface area contributed by atoms with E-state index in [1.165, 1.54) is 0 Å². The first-order valence-electron chi connectivity index (χ1n) is 6.97. The van der Waals surface area contributed by atoms with E-state index in [0.29, 0.717) is 30.5 Å². The van der Waals surface area contributed by atoms with Crippen molar-refractivity contribution in [2.24, 2.45) is 0 Å². The number of amides is 1. The number of rotatable bonds is 6. The number of nitrogens with one attached hydrogen (secondary N) is 2. The molecule has 0 spiro atoms. The van der Waals surface area contributed by atoms with Gasteiger partial charge in [0.2, 0.25) is 0 Å². The second kappa shape index (κ2) is 6.99. The second-order valence-electron chi connectivity index (χ2n) is 4.96. The molecule has 0 aliphatic carbocycles. The SMILES string of the molecule is CC(C)OCCCNC(=O)c1nc2ccccc2c(=O)[nH]1. The van der Waals surface area contributed by atoms with Gasteiger partial charge in [-0.1, -0.05) is 12.1 Å². The summed E-state index contributed by atoms with van der Waals surface area (Å²) >= 11 is 0. The molecule has 112 valence electrons. The maximum Gasteiger partial charge on any atom is 0.287 e. The standard InChI is InChI=1S/C15H19N3O3/c1-10(2)21-9-5-8-16-15(20)13-17-12-7-4-3-6-11(12)14(19)18-13/h3-4,6-7,10H,5,8-9H2,1-2H3,(H,16,20)(H,17,18,19). The molecule has 0 saturated carbocycles. The average molecular weight is 289 g/mol. The third-order valence-electron chi connectivity index (χ3n) is 2.89. The smallest absolute Gasteiger partial charge is 0.287 e.